The van der Waals surface area contributed by atoms with Crippen LogP contribution in [0.5, 0.6) is 11.5 Å². The standard InChI is InChI=1S/C24H27NO5/c1-5-17-15-19(11-12-21(17)30-24(3,4)23(26)27)28-14-13-20-16(2)29-22(25-20)18-9-7-6-8-10-18/h6-12,15H,5,13-14H2,1-4H3,(H,26,27). The molecular formula is C24H27NO5. The van der Waals surface area contributed by atoms with E-state index in [4.69, 9.17) is 13.9 Å². The van der Waals surface area contributed by atoms with Gasteiger partial charge in [0.15, 0.2) is 5.60 Å². The van der Waals surface area contributed by atoms with Crippen molar-refractivity contribution in [1.29, 1.82) is 0 Å². The predicted octanol–water partition coefficient (Wildman–Crippen LogP) is 5.08. The lowest BCUT2D eigenvalue weighted by molar-refractivity contribution is -0.152. The number of benzene rings is 2. The molecule has 0 aliphatic carbocycles. The highest BCUT2D eigenvalue weighted by molar-refractivity contribution is 5.76. The Bertz CT molecular complexity index is 1010. The SMILES string of the molecule is CCc1cc(OCCc2nc(-c3ccccc3)oc2C)ccc1OC(C)(C)C(=O)O. The Hall–Kier alpha value is -3.28. The number of ether oxygens (including phenoxy) is 2. The van der Waals surface area contributed by atoms with Crippen LogP contribution in [0.4, 0.5) is 0 Å². The molecule has 0 unspecified atom stereocenters. The average Bonchev–Trinajstić information content (AvgIpc) is 3.10. The van der Waals surface area contributed by atoms with E-state index in [1.807, 2.05) is 50.2 Å². The third-order valence-electron chi connectivity index (χ3n) is 4.81. The van der Waals surface area contributed by atoms with Crippen molar-refractivity contribution in [2.75, 3.05) is 6.61 Å². The molecule has 30 heavy (non-hydrogen) atoms. The number of nitrogens with zero attached hydrogens (tertiary/aromatic N) is 1. The third kappa shape index (κ3) is 5.00. The first-order valence-corrected chi connectivity index (χ1v) is 10.00. The molecule has 6 nitrogen and oxygen atoms in total. The van der Waals surface area contributed by atoms with Crippen LogP contribution in [0.2, 0.25) is 0 Å². The van der Waals surface area contributed by atoms with Crippen LogP contribution in [0, 0.1) is 6.92 Å². The number of aryl methyl sites for hydroxylation is 2. The lowest BCUT2D eigenvalue weighted by Gasteiger charge is -2.23. The van der Waals surface area contributed by atoms with Gasteiger partial charge >= 0.3 is 5.97 Å². The second-order valence-electron chi connectivity index (χ2n) is 7.53. The summed E-state index contributed by atoms with van der Waals surface area (Å²) in [4.78, 5) is 15.9. The summed E-state index contributed by atoms with van der Waals surface area (Å²) in [5.74, 6) is 1.64. The Labute approximate surface area is 176 Å². The minimum absolute atomic E-state index is 0.450. The molecule has 158 valence electrons. The van der Waals surface area contributed by atoms with Crippen LogP contribution in [0.1, 0.15) is 37.8 Å². The molecular weight excluding hydrogens is 382 g/mol. The minimum Gasteiger partial charge on any atom is -0.493 e. The molecule has 1 aromatic heterocycles. The maximum atomic E-state index is 11.3. The van der Waals surface area contributed by atoms with Crippen LogP contribution in [-0.4, -0.2) is 28.3 Å². The molecule has 0 aliphatic rings. The van der Waals surface area contributed by atoms with Gasteiger partial charge in [-0.15, -0.1) is 0 Å². The van der Waals surface area contributed by atoms with E-state index < -0.39 is 11.6 Å². The Kier molecular flexibility index (Phi) is 6.45. The number of rotatable bonds is 9. The smallest absolute Gasteiger partial charge is 0.347 e. The molecule has 1 N–H and O–H groups in total. The fraction of sp³-hybridized carbons (Fsp3) is 0.333. The molecule has 0 saturated heterocycles. The van der Waals surface area contributed by atoms with Crippen molar-refractivity contribution in [2.45, 2.75) is 46.1 Å². The zero-order chi connectivity index (χ0) is 21.7. The van der Waals surface area contributed by atoms with Crippen molar-refractivity contribution in [3.8, 4) is 23.0 Å². The molecule has 0 saturated carbocycles. The lowest BCUT2D eigenvalue weighted by Crippen LogP contribution is -2.38. The second-order valence-corrected chi connectivity index (χ2v) is 7.53. The van der Waals surface area contributed by atoms with E-state index in [9.17, 15) is 9.90 Å². The minimum atomic E-state index is -1.30. The number of aliphatic carboxylic acids is 1. The summed E-state index contributed by atoms with van der Waals surface area (Å²) in [6.07, 6.45) is 1.32. The van der Waals surface area contributed by atoms with Gasteiger partial charge in [-0.1, -0.05) is 25.1 Å². The molecule has 0 spiro atoms. The fourth-order valence-electron chi connectivity index (χ4n) is 2.97. The zero-order valence-electron chi connectivity index (χ0n) is 17.8. The summed E-state index contributed by atoms with van der Waals surface area (Å²) in [5.41, 5.74) is 1.41. The summed E-state index contributed by atoms with van der Waals surface area (Å²) in [6.45, 7) is 7.40. The van der Waals surface area contributed by atoms with Crippen LogP contribution in [0.15, 0.2) is 52.9 Å². The van der Waals surface area contributed by atoms with Gasteiger partial charge in [0.25, 0.3) is 0 Å². The second kappa shape index (κ2) is 9.03. The number of carbonyl (C=O) groups is 1. The normalized spacial score (nSPS) is 11.3. The van der Waals surface area contributed by atoms with Crippen LogP contribution >= 0.6 is 0 Å². The van der Waals surface area contributed by atoms with Crippen LogP contribution < -0.4 is 9.47 Å². The summed E-state index contributed by atoms with van der Waals surface area (Å²) in [7, 11) is 0. The van der Waals surface area contributed by atoms with Crippen LogP contribution in [-0.2, 0) is 17.6 Å². The van der Waals surface area contributed by atoms with Gasteiger partial charge in [-0.2, -0.15) is 0 Å². The van der Waals surface area contributed by atoms with Crippen molar-refractivity contribution in [1.82, 2.24) is 4.98 Å². The number of aromatic nitrogens is 1. The molecule has 2 aromatic carbocycles. The van der Waals surface area contributed by atoms with E-state index in [0.717, 1.165) is 22.6 Å². The highest BCUT2D eigenvalue weighted by Crippen LogP contribution is 2.28. The highest BCUT2D eigenvalue weighted by Gasteiger charge is 2.30. The Balaban J connectivity index is 1.64. The van der Waals surface area contributed by atoms with Crippen molar-refractivity contribution in [2.24, 2.45) is 0 Å². The molecule has 0 fully saturated rings. The molecule has 0 atom stereocenters. The Morgan fingerprint density at radius 1 is 1.17 bits per heavy atom. The van der Waals surface area contributed by atoms with Gasteiger partial charge < -0.3 is 19.0 Å². The van der Waals surface area contributed by atoms with E-state index in [-0.39, 0.29) is 0 Å². The van der Waals surface area contributed by atoms with E-state index in [1.165, 1.54) is 13.8 Å². The topological polar surface area (TPSA) is 81.8 Å². The van der Waals surface area contributed by atoms with Crippen LogP contribution in [0.3, 0.4) is 0 Å². The molecule has 6 heteroatoms. The first-order valence-electron chi connectivity index (χ1n) is 10.00. The van der Waals surface area contributed by atoms with E-state index >= 15 is 0 Å². The number of hydrogen-bond donors (Lipinski definition) is 1. The van der Waals surface area contributed by atoms with Gasteiger partial charge in [-0.05, 0) is 63.1 Å². The van der Waals surface area contributed by atoms with Gasteiger partial charge in [0.2, 0.25) is 5.89 Å². The summed E-state index contributed by atoms with van der Waals surface area (Å²) in [5, 5.41) is 9.28. The van der Waals surface area contributed by atoms with Gasteiger partial charge in [0.1, 0.15) is 17.3 Å². The molecule has 3 rings (SSSR count). The number of oxazole rings is 1. The van der Waals surface area contributed by atoms with E-state index in [2.05, 4.69) is 4.98 Å². The molecule has 3 aromatic rings. The quantitative estimate of drug-likeness (QED) is 0.531. The summed E-state index contributed by atoms with van der Waals surface area (Å²) < 4.78 is 17.4. The monoisotopic (exact) mass is 409 g/mol. The molecule has 0 bridgehead atoms. The predicted molar refractivity (Wildman–Crippen MR) is 114 cm³/mol. The van der Waals surface area contributed by atoms with Crippen molar-refractivity contribution in [3.63, 3.8) is 0 Å². The van der Waals surface area contributed by atoms with Gasteiger partial charge in [0, 0.05) is 12.0 Å². The number of hydrogen-bond acceptors (Lipinski definition) is 5. The number of carboxylic acid groups (broad SMARTS) is 1. The first-order chi connectivity index (χ1) is 14.3. The summed E-state index contributed by atoms with van der Waals surface area (Å²) in [6, 6.07) is 15.2. The highest BCUT2D eigenvalue weighted by atomic mass is 16.5. The third-order valence-corrected chi connectivity index (χ3v) is 4.81. The zero-order valence-corrected chi connectivity index (χ0v) is 17.8. The first kappa shape index (κ1) is 21.4. The molecule has 0 amide bonds. The molecule has 0 aliphatic heterocycles. The molecule has 1 heterocycles. The summed E-state index contributed by atoms with van der Waals surface area (Å²) >= 11 is 0. The van der Waals surface area contributed by atoms with E-state index in [0.29, 0.717) is 36.8 Å². The maximum Gasteiger partial charge on any atom is 0.347 e. The van der Waals surface area contributed by atoms with Gasteiger partial charge in [0.05, 0.1) is 12.3 Å². The van der Waals surface area contributed by atoms with Gasteiger partial charge in [-0.3, -0.25) is 0 Å². The fourth-order valence-corrected chi connectivity index (χ4v) is 2.97. The van der Waals surface area contributed by atoms with Crippen molar-refractivity contribution < 1.29 is 23.8 Å². The maximum absolute atomic E-state index is 11.3. The van der Waals surface area contributed by atoms with Crippen molar-refractivity contribution >= 4 is 5.97 Å². The Morgan fingerprint density at radius 2 is 1.90 bits per heavy atom. The van der Waals surface area contributed by atoms with E-state index in [1.54, 1.807) is 12.1 Å². The Morgan fingerprint density at radius 3 is 2.57 bits per heavy atom. The van der Waals surface area contributed by atoms with Gasteiger partial charge in [-0.25, -0.2) is 9.78 Å². The lowest BCUT2D eigenvalue weighted by atomic mass is 10.1. The van der Waals surface area contributed by atoms with Crippen LogP contribution in [0.25, 0.3) is 11.5 Å². The number of carboxylic acids is 1. The molecule has 0 radical (unpaired) electrons. The average molecular weight is 409 g/mol. The largest absolute Gasteiger partial charge is 0.493 e. The van der Waals surface area contributed by atoms with Crippen molar-refractivity contribution in [3.05, 3.63) is 65.5 Å².